The lowest BCUT2D eigenvalue weighted by atomic mass is 10.2. The molecule has 28 heavy (non-hydrogen) atoms. The van der Waals surface area contributed by atoms with Crippen molar-refractivity contribution in [2.45, 2.75) is 0 Å². The number of rotatable bonds is 9. The number of carbonyl (C=O) groups is 1. The minimum Gasteiger partial charge on any atom is -0.495 e. The number of benzene rings is 2. The molecule has 0 saturated carbocycles. The molecule has 0 aliphatic heterocycles. The number of anilines is 2. The van der Waals surface area contributed by atoms with Gasteiger partial charge in [-0.3, -0.25) is 9.10 Å². The molecule has 0 spiro atoms. The minimum absolute atomic E-state index is 0.177. The fourth-order valence-electron chi connectivity index (χ4n) is 2.39. The van der Waals surface area contributed by atoms with E-state index in [0.29, 0.717) is 23.1 Å². The van der Waals surface area contributed by atoms with Crippen LogP contribution >= 0.6 is 11.6 Å². The molecule has 0 atom stereocenters. The molecule has 0 unspecified atom stereocenters. The molecule has 2 aromatic carbocycles. The van der Waals surface area contributed by atoms with Crippen LogP contribution in [0.4, 0.5) is 11.4 Å². The Bertz CT molecular complexity index is 963. The monoisotopic (exact) mass is 424 g/mol. The first kappa shape index (κ1) is 21.6. The first-order valence-electron chi connectivity index (χ1n) is 8.19. The normalized spacial score (nSPS) is 10.8. The number of hydrogen-bond acceptors (Lipinski definition) is 5. The van der Waals surface area contributed by atoms with Gasteiger partial charge in [-0.25, -0.2) is 8.42 Å². The van der Waals surface area contributed by atoms with Gasteiger partial charge in [0.25, 0.3) is 0 Å². The van der Waals surface area contributed by atoms with E-state index in [1.54, 1.807) is 36.4 Å². The fourth-order valence-corrected chi connectivity index (χ4v) is 3.41. The fraction of sp³-hybridized carbons (Fsp3) is 0.211. The zero-order chi connectivity index (χ0) is 20.7. The van der Waals surface area contributed by atoms with Gasteiger partial charge in [0.15, 0.2) is 0 Å². The first-order valence-corrected chi connectivity index (χ1v) is 10.4. The van der Waals surface area contributed by atoms with Gasteiger partial charge in [0.05, 0.1) is 19.1 Å². The molecule has 0 saturated heterocycles. The maximum atomic E-state index is 12.5. The van der Waals surface area contributed by atoms with E-state index in [1.807, 2.05) is 0 Å². The summed E-state index contributed by atoms with van der Waals surface area (Å²) in [5.41, 5.74) is 0.647. The average Bonchev–Trinajstić information content (AvgIpc) is 2.64. The molecule has 9 heteroatoms. The second-order valence-corrected chi connectivity index (χ2v) is 8.10. The van der Waals surface area contributed by atoms with Crippen molar-refractivity contribution in [1.82, 2.24) is 0 Å². The van der Waals surface area contributed by atoms with Gasteiger partial charge in [0.1, 0.15) is 24.7 Å². The van der Waals surface area contributed by atoms with E-state index < -0.39 is 22.5 Å². The van der Waals surface area contributed by atoms with Crippen molar-refractivity contribution < 1.29 is 22.7 Å². The molecule has 0 aliphatic rings. The third-order valence-corrected chi connectivity index (χ3v) is 4.94. The molecule has 0 heterocycles. The summed E-state index contributed by atoms with van der Waals surface area (Å²) in [5.74, 6) is 0.296. The van der Waals surface area contributed by atoms with Crippen LogP contribution in [0, 0.1) is 0 Å². The topological polar surface area (TPSA) is 84.9 Å². The van der Waals surface area contributed by atoms with E-state index in [1.165, 1.54) is 19.2 Å². The lowest BCUT2D eigenvalue weighted by Crippen LogP contribution is -2.37. The summed E-state index contributed by atoms with van der Waals surface area (Å²) in [6.07, 6.45) is 2.61. The van der Waals surface area contributed by atoms with Crippen LogP contribution < -0.4 is 19.1 Å². The quantitative estimate of drug-likeness (QED) is 0.624. The number of halogens is 1. The number of methoxy groups -OCH3 is 1. The van der Waals surface area contributed by atoms with Gasteiger partial charge in [-0.15, -0.1) is 0 Å². The van der Waals surface area contributed by atoms with Crippen LogP contribution in [0.5, 0.6) is 11.5 Å². The number of sulfonamides is 1. The van der Waals surface area contributed by atoms with Crippen LogP contribution in [0.1, 0.15) is 0 Å². The average molecular weight is 425 g/mol. The molecule has 0 aliphatic carbocycles. The maximum absolute atomic E-state index is 12.5. The third-order valence-electron chi connectivity index (χ3n) is 3.58. The van der Waals surface area contributed by atoms with E-state index in [4.69, 9.17) is 21.1 Å². The standard InChI is InChI=1S/C19H21ClN2O5S/c1-4-10-27-16-7-5-6-15(12-16)21-19(23)13-22(28(3,24)25)17-11-14(20)8-9-18(17)26-2/h4-9,11-12H,1,10,13H2,2-3H3,(H,21,23). The molecule has 0 aromatic heterocycles. The van der Waals surface area contributed by atoms with E-state index >= 15 is 0 Å². The third kappa shape index (κ3) is 5.90. The van der Waals surface area contributed by atoms with E-state index in [2.05, 4.69) is 11.9 Å². The van der Waals surface area contributed by atoms with Gasteiger partial charge < -0.3 is 14.8 Å². The minimum atomic E-state index is -3.78. The van der Waals surface area contributed by atoms with Crippen molar-refractivity contribution >= 4 is 38.9 Å². The lowest BCUT2D eigenvalue weighted by molar-refractivity contribution is -0.114. The van der Waals surface area contributed by atoms with Gasteiger partial charge >= 0.3 is 0 Å². The van der Waals surface area contributed by atoms with Crippen LogP contribution in [0.3, 0.4) is 0 Å². The Balaban J connectivity index is 2.23. The lowest BCUT2D eigenvalue weighted by Gasteiger charge is -2.24. The molecule has 7 nitrogen and oxygen atoms in total. The zero-order valence-corrected chi connectivity index (χ0v) is 17.1. The highest BCUT2D eigenvalue weighted by atomic mass is 35.5. The van der Waals surface area contributed by atoms with Crippen LogP contribution in [-0.2, 0) is 14.8 Å². The molecule has 150 valence electrons. The molecule has 2 rings (SSSR count). The van der Waals surface area contributed by atoms with E-state index in [-0.39, 0.29) is 11.4 Å². The maximum Gasteiger partial charge on any atom is 0.245 e. The number of hydrogen-bond donors (Lipinski definition) is 1. The second-order valence-electron chi connectivity index (χ2n) is 5.76. The van der Waals surface area contributed by atoms with Crippen LogP contribution in [-0.4, -0.2) is 40.8 Å². The predicted octanol–water partition coefficient (Wildman–Crippen LogP) is 3.32. The number of nitrogens with one attached hydrogen (secondary N) is 1. The largest absolute Gasteiger partial charge is 0.495 e. The summed E-state index contributed by atoms with van der Waals surface area (Å²) in [7, 11) is -2.37. The van der Waals surface area contributed by atoms with E-state index in [0.717, 1.165) is 10.6 Å². The second kappa shape index (κ2) is 9.48. The SMILES string of the molecule is C=CCOc1cccc(NC(=O)CN(c2cc(Cl)ccc2OC)S(C)(=O)=O)c1. The summed E-state index contributed by atoms with van der Waals surface area (Å²) in [6, 6.07) is 11.3. The van der Waals surface area contributed by atoms with Crippen molar-refractivity contribution in [3.05, 3.63) is 60.1 Å². The smallest absolute Gasteiger partial charge is 0.245 e. The number of carbonyl (C=O) groups excluding carboxylic acids is 1. The summed E-state index contributed by atoms with van der Waals surface area (Å²) in [6.45, 7) is 3.45. The molecule has 2 aromatic rings. The molecule has 1 amide bonds. The van der Waals surface area contributed by atoms with E-state index in [9.17, 15) is 13.2 Å². The van der Waals surface area contributed by atoms with Gasteiger partial charge in [-0.1, -0.05) is 30.3 Å². The van der Waals surface area contributed by atoms with Gasteiger partial charge in [0.2, 0.25) is 15.9 Å². The number of nitrogens with zero attached hydrogens (tertiary/aromatic N) is 1. The molecule has 1 N–H and O–H groups in total. The molecule has 0 radical (unpaired) electrons. The molecular weight excluding hydrogens is 404 g/mol. The Labute approximate surface area is 169 Å². The van der Waals surface area contributed by atoms with Crippen LogP contribution in [0.15, 0.2) is 55.1 Å². The van der Waals surface area contributed by atoms with Gasteiger partial charge in [-0.2, -0.15) is 0 Å². The predicted molar refractivity (Wildman–Crippen MR) is 111 cm³/mol. The van der Waals surface area contributed by atoms with Crippen molar-refractivity contribution in [2.75, 3.05) is 36.1 Å². The van der Waals surface area contributed by atoms with Gasteiger partial charge in [-0.05, 0) is 30.3 Å². The first-order chi connectivity index (χ1) is 13.2. The molecule has 0 fully saturated rings. The summed E-state index contributed by atoms with van der Waals surface area (Å²) < 4.78 is 36.1. The van der Waals surface area contributed by atoms with Crippen molar-refractivity contribution in [3.8, 4) is 11.5 Å². The van der Waals surface area contributed by atoms with Crippen molar-refractivity contribution in [3.63, 3.8) is 0 Å². The zero-order valence-electron chi connectivity index (χ0n) is 15.5. The van der Waals surface area contributed by atoms with Crippen LogP contribution in [0.25, 0.3) is 0 Å². The highest BCUT2D eigenvalue weighted by Gasteiger charge is 2.24. The summed E-state index contributed by atoms with van der Waals surface area (Å²) in [4.78, 5) is 12.5. The molecule has 0 bridgehead atoms. The van der Waals surface area contributed by atoms with Crippen molar-refractivity contribution in [1.29, 1.82) is 0 Å². The van der Waals surface area contributed by atoms with Crippen molar-refractivity contribution in [2.24, 2.45) is 0 Å². The highest BCUT2D eigenvalue weighted by Crippen LogP contribution is 2.32. The Kier molecular flexibility index (Phi) is 7.31. The van der Waals surface area contributed by atoms with Crippen LogP contribution in [0.2, 0.25) is 5.02 Å². The molecular formula is C19H21ClN2O5S. The Morgan fingerprint density at radius 1 is 1.29 bits per heavy atom. The number of ether oxygens (including phenoxy) is 2. The summed E-state index contributed by atoms with van der Waals surface area (Å²) >= 11 is 5.99. The van der Waals surface area contributed by atoms with Gasteiger partial charge in [0, 0.05) is 16.8 Å². The number of amides is 1. The Morgan fingerprint density at radius 3 is 2.68 bits per heavy atom. The Morgan fingerprint density at radius 2 is 2.04 bits per heavy atom. The Hall–Kier alpha value is -2.71. The summed E-state index contributed by atoms with van der Waals surface area (Å²) in [5, 5.41) is 2.98. The highest BCUT2D eigenvalue weighted by molar-refractivity contribution is 7.92.